The highest BCUT2D eigenvalue weighted by molar-refractivity contribution is 6.11. The normalized spacial score (nSPS) is 41.9. The highest BCUT2D eigenvalue weighted by Gasteiger charge is 2.15. The van der Waals surface area contributed by atoms with Gasteiger partial charge in [0.15, 0.2) is 0 Å². The van der Waals surface area contributed by atoms with Crippen LogP contribution in [-0.2, 0) is 4.74 Å². The number of ether oxygens (including phenoxy) is 1. The van der Waals surface area contributed by atoms with Crippen molar-refractivity contribution in [2.75, 3.05) is 0 Å². The van der Waals surface area contributed by atoms with Crippen LogP contribution in [0.5, 0.6) is 0 Å². The molecule has 1 saturated heterocycles. The van der Waals surface area contributed by atoms with Crippen molar-refractivity contribution in [1.29, 1.82) is 0 Å². The molecule has 0 spiro atoms. The average Bonchev–Trinajstić information content (AvgIpc) is 1.87. The van der Waals surface area contributed by atoms with Crippen LogP contribution in [0.1, 0.15) is 19.8 Å². The molecule has 2 heteroatoms. The predicted octanol–water partition coefficient (Wildman–Crippen LogP) is 0.680. The summed E-state index contributed by atoms with van der Waals surface area (Å²) in [7, 11) is 5.40. The second kappa shape index (κ2) is 1.87. The van der Waals surface area contributed by atoms with Gasteiger partial charge in [-0.15, -0.1) is 0 Å². The van der Waals surface area contributed by atoms with Gasteiger partial charge < -0.3 is 4.74 Å². The van der Waals surface area contributed by atoms with Gasteiger partial charge in [-0.2, -0.15) is 0 Å². The minimum absolute atomic E-state index is 0.0231. The molecule has 1 aliphatic rings. The standard InChI is InChI=1S/C5H9BO/c1-4-2-3-5(6)7-4/h4-5H,2-3H2,1H3/t4-,5-/m1/s1. The predicted molar refractivity (Wildman–Crippen MR) is 29.3 cm³/mol. The lowest BCUT2D eigenvalue weighted by Crippen LogP contribution is -2.06. The molecule has 0 saturated carbocycles. The van der Waals surface area contributed by atoms with Crippen LogP contribution < -0.4 is 0 Å². The highest BCUT2D eigenvalue weighted by Crippen LogP contribution is 2.15. The summed E-state index contributed by atoms with van der Waals surface area (Å²) in [4.78, 5) is 0. The van der Waals surface area contributed by atoms with Gasteiger partial charge in [0.05, 0.1) is 6.10 Å². The van der Waals surface area contributed by atoms with Crippen LogP contribution in [0.15, 0.2) is 0 Å². The summed E-state index contributed by atoms with van der Waals surface area (Å²) >= 11 is 0. The Morgan fingerprint density at radius 3 is 2.43 bits per heavy atom. The number of rotatable bonds is 0. The van der Waals surface area contributed by atoms with Crippen molar-refractivity contribution in [3.8, 4) is 0 Å². The summed E-state index contributed by atoms with van der Waals surface area (Å²) in [6.45, 7) is 2.05. The van der Waals surface area contributed by atoms with Gasteiger partial charge >= 0.3 is 0 Å². The van der Waals surface area contributed by atoms with Crippen molar-refractivity contribution in [3.05, 3.63) is 0 Å². The van der Waals surface area contributed by atoms with Crippen LogP contribution in [0, 0.1) is 0 Å². The van der Waals surface area contributed by atoms with Gasteiger partial charge in [-0.25, -0.2) is 0 Å². The minimum atomic E-state index is 0.0231. The quantitative estimate of drug-likeness (QED) is 0.403. The maximum atomic E-state index is 5.40. The molecule has 1 rings (SSSR count). The first-order valence-corrected chi connectivity index (χ1v) is 2.70. The average molecular weight is 95.9 g/mol. The molecule has 1 fully saturated rings. The Balaban J connectivity index is 2.26. The van der Waals surface area contributed by atoms with Gasteiger partial charge in [-0.05, 0) is 19.8 Å². The molecule has 1 heterocycles. The fourth-order valence-corrected chi connectivity index (χ4v) is 0.833. The van der Waals surface area contributed by atoms with Crippen molar-refractivity contribution in [3.63, 3.8) is 0 Å². The summed E-state index contributed by atoms with van der Waals surface area (Å²) < 4.78 is 5.14. The molecule has 1 aliphatic heterocycles. The van der Waals surface area contributed by atoms with E-state index >= 15 is 0 Å². The Bertz CT molecular complexity index is 57.1. The van der Waals surface area contributed by atoms with Crippen LogP contribution in [0.25, 0.3) is 0 Å². The summed E-state index contributed by atoms with van der Waals surface area (Å²) in [6.07, 6.45) is 2.55. The van der Waals surface area contributed by atoms with Gasteiger partial charge in [-0.1, -0.05) is 0 Å². The molecule has 0 N–H and O–H groups in total. The molecule has 0 aromatic carbocycles. The lowest BCUT2D eigenvalue weighted by Gasteiger charge is -2.01. The van der Waals surface area contributed by atoms with E-state index in [1.165, 1.54) is 0 Å². The molecule has 1 nitrogen and oxygen atoms in total. The molecule has 0 aromatic heterocycles. The fourth-order valence-electron chi connectivity index (χ4n) is 0.833. The van der Waals surface area contributed by atoms with Gasteiger partial charge in [0.25, 0.3) is 0 Å². The third-order valence-electron chi connectivity index (χ3n) is 1.26. The third-order valence-corrected chi connectivity index (χ3v) is 1.26. The van der Waals surface area contributed by atoms with E-state index in [0.29, 0.717) is 6.10 Å². The Kier molecular flexibility index (Phi) is 1.38. The summed E-state index contributed by atoms with van der Waals surface area (Å²) in [5.41, 5.74) is 0. The maximum Gasteiger partial charge on any atom is 0.108 e. The lowest BCUT2D eigenvalue weighted by molar-refractivity contribution is 0.101. The third kappa shape index (κ3) is 1.20. The molecule has 0 aromatic rings. The topological polar surface area (TPSA) is 9.23 Å². The minimum Gasteiger partial charge on any atom is -0.385 e. The Morgan fingerprint density at radius 2 is 2.29 bits per heavy atom. The van der Waals surface area contributed by atoms with Crippen molar-refractivity contribution in [2.24, 2.45) is 0 Å². The molecule has 0 amide bonds. The smallest absolute Gasteiger partial charge is 0.108 e. The zero-order valence-corrected chi connectivity index (χ0v) is 4.55. The van der Waals surface area contributed by atoms with E-state index in [2.05, 4.69) is 0 Å². The first-order valence-electron chi connectivity index (χ1n) is 2.70. The van der Waals surface area contributed by atoms with Crippen molar-refractivity contribution in [2.45, 2.75) is 31.9 Å². The van der Waals surface area contributed by atoms with E-state index in [9.17, 15) is 0 Å². The molecule has 0 aliphatic carbocycles. The van der Waals surface area contributed by atoms with Gasteiger partial charge in [-0.3, -0.25) is 0 Å². The summed E-state index contributed by atoms with van der Waals surface area (Å²) in [5, 5.41) is 0. The fraction of sp³-hybridized carbons (Fsp3) is 1.00. The van der Waals surface area contributed by atoms with Crippen molar-refractivity contribution >= 4 is 7.85 Å². The van der Waals surface area contributed by atoms with Gasteiger partial charge in [0.2, 0.25) is 0 Å². The van der Waals surface area contributed by atoms with E-state index in [-0.39, 0.29) is 6.00 Å². The lowest BCUT2D eigenvalue weighted by atomic mass is 9.97. The van der Waals surface area contributed by atoms with E-state index in [1.54, 1.807) is 0 Å². The number of hydrogen-bond donors (Lipinski definition) is 0. The van der Waals surface area contributed by atoms with E-state index in [0.717, 1.165) is 12.8 Å². The van der Waals surface area contributed by atoms with E-state index < -0.39 is 0 Å². The Hall–Kier alpha value is 0.0249. The van der Waals surface area contributed by atoms with E-state index in [1.807, 2.05) is 6.92 Å². The SMILES string of the molecule is [B][C@H]1CC[C@@H](C)O1. The summed E-state index contributed by atoms with van der Waals surface area (Å²) in [5.74, 6) is 0. The van der Waals surface area contributed by atoms with Crippen molar-refractivity contribution in [1.82, 2.24) is 0 Å². The van der Waals surface area contributed by atoms with Crippen LogP contribution in [0.4, 0.5) is 0 Å². The van der Waals surface area contributed by atoms with Crippen LogP contribution in [-0.4, -0.2) is 20.0 Å². The monoisotopic (exact) mass is 96.1 g/mol. The van der Waals surface area contributed by atoms with Crippen LogP contribution >= 0.6 is 0 Å². The molecule has 2 radical (unpaired) electrons. The Morgan fingerprint density at radius 1 is 1.57 bits per heavy atom. The first-order chi connectivity index (χ1) is 3.29. The van der Waals surface area contributed by atoms with E-state index in [4.69, 9.17) is 12.6 Å². The van der Waals surface area contributed by atoms with Crippen LogP contribution in [0.3, 0.4) is 0 Å². The zero-order chi connectivity index (χ0) is 5.28. The molecule has 38 valence electrons. The largest absolute Gasteiger partial charge is 0.385 e. The molecule has 7 heavy (non-hydrogen) atoms. The second-order valence-electron chi connectivity index (χ2n) is 2.06. The van der Waals surface area contributed by atoms with Gasteiger partial charge in [0, 0.05) is 6.00 Å². The highest BCUT2D eigenvalue weighted by atomic mass is 16.5. The molecular weight excluding hydrogens is 86.9 g/mol. The van der Waals surface area contributed by atoms with Crippen LogP contribution in [0.2, 0.25) is 0 Å². The first kappa shape index (κ1) is 5.17. The van der Waals surface area contributed by atoms with Crippen molar-refractivity contribution < 1.29 is 4.74 Å². The molecule has 0 unspecified atom stereocenters. The molecule has 2 atom stereocenters. The Labute approximate surface area is 45.5 Å². The summed E-state index contributed by atoms with van der Waals surface area (Å²) in [6, 6.07) is 0.0231. The molecular formula is C5H9BO. The maximum absolute atomic E-state index is 5.40. The molecule has 0 bridgehead atoms. The van der Waals surface area contributed by atoms with Gasteiger partial charge in [0.1, 0.15) is 7.85 Å². The number of hydrogen-bond acceptors (Lipinski definition) is 1. The zero-order valence-electron chi connectivity index (χ0n) is 4.55. The second-order valence-corrected chi connectivity index (χ2v) is 2.06.